The molecule has 21 heavy (non-hydrogen) atoms. The van der Waals surface area contributed by atoms with Gasteiger partial charge >= 0.3 is 5.97 Å². The normalized spacial score (nSPS) is 29.1. The van der Waals surface area contributed by atoms with E-state index in [0.29, 0.717) is 12.1 Å². The summed E-state index contributed by atoms with van der Waals surface area (Å²) >= 11 is 0. The molecule has 2 aliphatic heterocycles. The van der Waals surface area contributed by atoms with Crippen molar-refractivity contribution < 1.29 is 19.0 Å². The summed E-state index contributed by atoms with van der Waals surface area (Å²) in [5.74, 6) is -1.41. The standard InChI is InChI=1S/C16H20FNO3/c1-18-11-3-2-4-12(18)9-13(8-11)21-15-7-10(17)5-6-14(15)16(19)20/h5-7,11-13H,2-4,8-9H2,1H3,(H,19,20). The Morgan fingerprint density at radius 3 is 2.62 bits per heavy atom. The lowest BCUT2D eigenvalue weighted by atomic mass is 9.83. The van der Waals surface area contributed by atoms with Crippen molar-refractivity contribution in [2.24, 2.45) is 0 Å². The first-order chi connectivity index (χ1) is 10.0. The molecule has 2 saturated heterocycles. The first kappa shape index (κ1) is 14.3. The average molecular weight is 293 g/mol. The fourth-order valence-corrected chi connectivity index (χ4v) is 3.61. The Morgan fingerprint density at radius 1 is 1.33 bits per heavy atom. The number of carboxylic acids is 1. The second-order valence-corrected chi connectivity index (χ2v) is 6.06. The van der Waals surface area contributed by atoms with E-state index in [1.165, 1.54) is 18.6 Å². The van der Waals surface area contributed by atoms with Crippen molar-refractivity contribution in [1.29, 1.82) is 0 Å². The summed E-state index contributed by atoms with van der Waals surface area (Å²) in [7, 11) is 2.15. The largest absolute Gasteiger partial charge is 0.489 e. The number of aromatic carboxylic acids is 1. The Morgan fingerprint density at radius 2 is 2.00 bits per heavy atom. The molecule has 0 aliphatic carbocycles. The summed E-state index contributed by atoms with van der Waals surface area (Å²) in [4.78, 5) is 13.6. The summed E-state index contributed by atoms with van der Waals surface area (Å²) in [5.41, 5.74) is 0.0282. The van der Waals surface area contributed by atoms with Crippen LogP contribution in [-0.2, 0) is 0 Å². The lowest BCUT2D eigenvalue weighted by Crippen LogP contribution is -2.52. The van der Waals surface area contributed by atoms with E-state index in [1.807, 2.05) is 0 Å². The highest BCUT2D eigenvalue weighted by molar-refractivity contribution is 5.90. The smallest absolute Gasteiger partial charge is 0.339 e. The van der Waals surface area contributed by atoms with Crippen LogP contribution in [0.3, 0.4) is 0 Å². The second kappa shape index (κ2) is 5.64. The van der Waals surface area contributed by atoms with Crippen molar-refractivity contribution in [3.8, 4) is 5.75 Å². The van der Waals surface area contributed by atoms with Crippen LogP contribution in [0.25, 0.3) is 0 Å². The fraction of sp³-hybridized carbons (Fsp3) is 0.562. The van der Waals surface area contributed by atoms with E-state index in [2.05, 4.69) is 11.9 Å². The van der Waals surface area contributed by atoms with Gasteiger partial charge in [-0.25, -0.2) is 9.18 Å². The predicted octanol–water partition coefficient (Wildman–Crippen LogP) is 2.92. The maximum absolute atomic E-state index is 13.4. The molecule has 1 aromatic rings. The SMILES string of the molecule is CN1C2CCCC1CC(Oc1cc(F)ccc1C(=O)O)C2. The highest BCUT2D eigenvalue weighted by Crippen LogP contribution is 2.35. The van der Waals surface area contributed by atoms with E-state index in [-0.39, 0.29) is 17.4 Å². The summed E-state index contributed by atoms with van der Waals surface area (Å²) in [5, 5.41) is 9.18. The molecule has 5 heteroatoms. The van der Waals surface area contributed by atoms with E-state index < -0.39 is 11.8 Å². The minimum absolute atomic E-state index is 0.0282. The van der Waals surface area contributed by atoms with Gasteiger partial charge in [0.05, 0.1) is 0 Å². The number of carboxylic acid groups (broad SMARTS) is 1. The van der Waals surface area contributed by atoms with Crippen LogP contribution in [0.2, 0.25) is 0 Å². The molecule has 3 rings (SSSR count). The van der Waals surface area contributed by atoms with Gasteiger partial charge < -0.3 is 14.7 Å². The van der Waals surface area contributed by atoms with Crippen LogP contribution in [0.5, 0.6) is 5.75 Å². The third-order valence-electron chi connectivity index (χ3n) is 4.76. The Hall–Kier alpha value is -1.62. The quantitative estimate of drug-likeness (QED) is 0.931. The van der Waals surface area contributed by atoms with Gasteiger partial charge in [-0.1, -0.05) is 6.42 Å². The van der Waals surface area contributed by atoms with Crippen LogP contribution < -0.4 is 4.74 Å². The lowest BCUT2D eigenvalue weighted by Gasteiger charge is -2.46. The molecule has 1 N–H and O–H groups in total. The van der Waals surface area contributed by atoms with Gasteiger partial charge in [-0.05, 0) is 44.9 Å². The van der Waals surface area contributed by atoms with Gasteiger partial charge in [-0.15, -0.1) is 0 Å². The van der Waals surface area contributed by atoms with Crippen LogP contribution in [0, 0.1) is 5.82 Å². The molecule has 0 spiro atoms. The number of hydrogen-bond acceptors (Lipinski definition) is 3. The molecule has 114 valence electrons. The summed E-state index contributed by atoms with van der Waals surface area (Å²) < 4.78 is 19.2. The number of fused-ring (bicyclic) bond motifs is 2. The van der Waals surface area contributed by atoms with E-state index in [0.717, 1.165) is 31.7 Å². The van der Waals surface area contributed by atoms with Gasteiger partial charge in [0, 0.05) is 18.2 Å². The summed E-state index contributed by atoms with van der Waals surface area (Å²) in [6.07, 6.45) is 5.28. The minimum atomic E-state index is -1.09. The molecule has 0 amide bonds. The molecule has 0 saturated carbocycles. The monoisotopic (exact) mass is 293 g/mol. The summed E-state index contributed by atoms with van der Waals surface area (Å²) in [6.45, 7) is 0. The number of carbonyl (C=O) groups is 1. The maximum Gasteiger partial charge on any atom is 0.339 e. The Balaban J connectivity index is 1.78. The van der Waals surface area contributed by atoms with Crippen LogP contribution >= 0.6 is 0 Å². The van der Waals surface area contributed by atoms with Gasteiger partial charge in [0.2, 0.25) is 0 Å². The van der Waals surface area contributed by atoms with Gasteiger partial charge in [0.25, 0.3) is 0 Å². The van der Waals surface area contributed by atoms with Gasteiger partial charge in [-0.2, -0.15) is 0 Å². The Bertz CT molecular complexity index is 534. The van der Waals surface area contributed by atoms with Gasteiger partial charge in [0.1, 0.15) is 23.2 Å². The van der Waals surface area contributed by atoms with Crippen molar-refractivity contribution in [1.82, 2.24) is 4.90 Å². The number of rotatable bonds is 3. The van der Waals surface area contributed by atoms with Crippen LogP contribution in [0.4, 0.5) is 4.39 Å². The number of hydrogen-bond donors (Lipinski definition) is 1. The zero-order chi connectivity index (χ0) is 15.0. The first-order valence-electron chi connectivity index (χ1n) is 7.46. The van der Waals surface area contributed by atoms with Crippen molar-refractivity contribution in [2.45, 2.75) is 50.3 Å². The van der Waals surface area contributed by atoms with Crippen LogP contribution in [-0.4, -0.2) is 41.2 Å². The highest BCUT2D eigenvalue weighted by Gasteiger charge is 2.37. The zero-order valence-corrected chi connectivity index (χ0v) is 12.1. The van der Waals surface area contributed by atoms with Gasteiger partial charge in [-0.3, -0.25) is 0 Å². The molecule has 2 heterocycles. The van der Waals surface area contributed by atoms with Crippen molar-refractivity contribution in [3.63, 3.8) is 0 Å². The topological polar surface area (TPSA) is 49.8 Å². The number of halogens is 1. The molecule has 2 atom stereocenters. The second-order valence-electron chi connectivity index (χ2n) is 6.06. The number of piperidine rings is 2. The molecule has 0 aromatic heterocycles. The van der Waals surface area contributed by atoms with Crippen molar-refractivity contribution >= 4 is 5.97 Å². The van der Waals surface area contributed by atoms with E-state index in [9.17, 15) is 14.3 Å². The third kappa shape index (κ3) is 2.88. The fourth-order valence-electron chi connectivity index (χ4n) is 3.61. The molecule has 2 fully saturated rings. The lowest BCUT2D eigenvalue weighted by molar-refractivity contribution is -0.000376. The predicted molar refractivity (Wildman–Crippen MR) is 76.2 cm³/mol. The van der Waals surface area contributed by atoms with Gasteiger partial charge in [0.15, 0.2) is 0 Å². The molecule has 1 aromatic carbocycles. The first-order valence-corrected chi connectivity index (χ1v) is 7.46. The molecule has 0 radical (unpaired) electrons. The van der Waals surface area contributed by atoms with E-state index >= 15 is 0 Å². The summed E-state index contributed by atoms with van der Waals surface area (Å²) in [6, 6.07) is 4.58. The number of ether oxygens (including phenoxy) is 1. The minimum Gasteiger partial charge on any atom is -0.489 e. The van der Waals surface area contributed by atoms with Crippen molar-refractivity contribution in [2.75, 3.05) is 7.05 Å². The molecule has 2 unspecified atom stereocenters. The van der Waals surface area contributed by atoms with Crippen molar-refractivity contribution in [3.05, 3.63) is 29.6 Å². The Kier molecular flexibility index (Phi) is 3.85. The van der Waals surface area contributed by atoms with E-state index in [4.69, 9.17) is 4.74 Å². The average Bonchev–Trinajstić information content (AvgIpc) is 2.39. The Labute approximate surface area is 123 Å². The number of benzene rings is 1. The number of nitrogens with zero attached hydrogens (tertiary/aromatic N) is 1. The van der Waals surface area contributed by atoms with E-state index in [1.54, 1.807) is 0 Å². The molecule has 2 aliphatic rings. The molecule has 2 bridgehead atoms. The molecule has 4 nitrogen and oxygen atoms in total. The van der Waals surface area contributed by atoms with Crippen LogP contribution in [0.1, 0.15) is 42.5 Å². The molecular weight excluding hydrogens is 273 g/mol. The zero-order valence-electron chi connectivity index (χ0n) is 12.1. The third-order valence-corrected chi connectivity index (χ3v) is 4.76. The van der Waals surface area contributed by atoms with Crippen LogP contribution in [0.15, 0.2) is 18.2 Å². The molecular formula is C16H20FNO3. The maximum atomic E-state index is 13.4. The highest BCUT2D eigenvalue weighted by atomic mass is 19.1.